The van der Waals surface area contributed by atoms with Crippen molar-refractivity contribution >= 4 is 12.4 Å². The van der Waals surface area contributed by atoms with Crippen LogP contribution in [-0.2, 0) is 17.5 Å². The van der Waals surface area contributed by atoms with Gasteiger partial charge >= 0.3 is 6.18 Å². The zero-order chi connectivity index (χ0) is 24.3. The number of halogens is 3. The minimum atomic E-state index is -4.72. The second-order valence-corrected chi connectivity index (χ2v) is 7.03. The molecule has 0 spiro atoms. The number of hydrogen-bond donors (Lipinski definition) is 1. The van der Waals surface area contributed by atoms with E-state index in [0.717, 1.165) is 4.57 Å². The molecule has 0 aliphatic rings. The highest BCUT2D eigenvalue weighted by Gasteiger charge is 2.38. The van der Waals surface area contributed by atoms with E-state index in [4.69, 9.17) is 5.73 Å². The molecule has 0 aliphatic heterocycles. The van der Waals surface area contributed by atoms with Crippen molar-refractivity contribution in [3.63, 3.8) is 0 Å². The molecule has 0 atom stereocenters. The van der Waals surface area contributed by atoms with Crippen molar-refractivity contribution in [2.45, 2.75) is 12.7 Å². The number of hydrogen-bond acceptors (Lipinski definition) is 9. The number of benzene rings is 1. The molecule has 0 amide bonds. The lowest BCUT2D eigenvalue weighted by Gasteiger charge is -2.17. The van der Waals surface area contributed by atoms with Crippen LogP contribution in [0, 0.1) is 0 Å². The fourth-order valence-corrected chi connectivity index (χ4v) is 3.30. The maximum absolute atomic E-state index is 13.2. The maximum atomic E-state index is 13.2. The van der Waals surface area contributed by atoms with Crippen LogP contribution in [0.4, 0.5) is 19.1 Å². The van der Waals surface area contributed by atoms with Crippen molar-refractivity contribution in [3.8, 4) is 22.4 Å². The Hall–Kier alpha value is -4.55. The third-order valence-electron chi connectivity index (χ3n) is 4.73. The first-order valence-electron chi connectivity index (χ1n) is 9.74. The van der Waals surface area contributed by atoms with Crippen LogP contribution in [0.2, 0.25) is 0 Å². The van der Waals surface area contributed by atoms with Crippen LogP contribution in [0.5, 0.6) is 0 Å². The molecule has 174 valence electrons. The predicted molar refractivity (Wildman–Crippen MR) is 114 cm³/mol. The lowest BCUT2D eigenvalue weighted by Crippen LogP contribution is -2.31. The van der Waals surface area contributed by atoms with Gasteiger partial charge in [0.1, 0.15) is 5.69 Å². The Morgan fingerprint density at radius 1 is 1.18 bits per heavy atom. The molecular formula is C21H17F3N8O2. The van der Waals surface area contributed by atoms with Crippen LogP contribution in [0.1, 0.15) is 11.5 Å². The molecule has 3 heterocycles. The van der Waals surface area contributed by atoms with Gasteiger partial charge in [-0.25, -0.2) is 14.5 Å². The van der Waals surface area contributed by atoms with E-state index >= 15 is 0 Å². The summed E-state index contributed by atoms with van der Waals surface area (Å²) in [5.41, 5.74) is 7.68. The molecule has 1 aromatic carbocycles. The zero-order valence-electron chi connectivity index (χ0n) is 17.6. The number of nitrogens with two attached hydrogens (primary N) is 1. The van der Waals surface area contributed by atoms with Gasteiger partial charge in [-0.1, -0.05) is 30.3 Å². The van der Waals surface area contributed by atoms with Crippen molar-refractivity contribution in [1.82, 2.24) is 29.7 Å². The fraction of sp³-hybridized carbons (Fsp3) is 0.143. The Bertz CT molecular complexity index is 1370. The fourth-order valence-electron chi connectivity index (χ4n) is 3.30. The highest BCUT2D eigenvalue weighted by Crippen LogP contribution is 2.32. The molecule has 0 aliphatic carbocycles. The first kappa shape index (κ1) is 22.6. The lowest BCUT2D eigenvalue weighted by molar-refractivity contribution is -0.154. The summed E-state index contributed by atoms with van der Waals surface area (Å²) in [6.07, 6.45) is -0.690. The van der Waals surface area contributed by atoms with Gasteiger partial charge in [0.2, 0.25) is 18.1 Å². The number of nitrogen functional groups attached to an aromatic ring is 1. The van der Waals surface area contributed by atoms with Crippen LogP contribution in [0.15, 0.2) is 64.7 Å². The van der Waals surface area contributed by atoms with E-state index in [0.29, 0.717) is 35.2 Å². The molecular weight excluding hydrogens is 453 g/mol. The average Bonchev–Trinajstić information content (AvgIpc) is 3.29. The van der Waals surface area contributed by atoms with Crippen molar-refractivity contribution in [2.75, 3.05) is 12.8 Å². The number of rotatable bonds is 6. The minimum absolute atomic E-state index is 0.0360. The van der Waals surface area contributed by atoms with E-state index in [1.165, 1.54) is 24.5 Å². The van der Waals surface area contributed by atoms with Crippen molar-refractivity contribution in [2.24, 2.45) is 5.10 Å². The monoisotopic (exact) mass is 470 g/mol. The van der Waals surface area contributed by atoms with Gasteiger partial charge in [0, 0.05) is 18.2 Å². The van der Waals surface area contributed by atoms with E-state index in [-0.39, 0.29) is 23.7 Å². The minimum Gasteiger partial charge on any atom is -0.439 e. The first-order valence-corrected chi connectivity index (χ1v) is 9.74. The predicted octanol–water partition coefficient (Wildman–Crippen LogP) is 2.58. The number of anilines is 1. The van der Waals surface area contributed by atoms with E-state index < -0.39 is 11.9 Å². The van der Waals surface area contributed by atoms with Gasteiger partial charge in [-0.15, -0.1) is 0 Å². The number of carbonyl (C=O) groups is 1. The van der Waals surface area contributed by atoms with Crippen molar-refractivity contribution < 1.29 is 22.4 Å². The molecule has 0 saturated heterocycles. The molecule has 4 aromatic rings. The Morgan fingerprint density at radius 3 is 2.59 bits per heavy atom. The van der Waals surface area contributed by atoms with Gasteiger partial charge in [-0.3, -0.25) is 9.80 Å². The van der Waals surface area contributed by atoms with Crippen molar-refractivity contribution in [1.29, 1.82) is 0 Å². The van der Waals surface area contributed by atoms with E-state index in [1.54, 1.807) is 30.3 Å². The summed E-state index contributed by atoms with van der Waals surface area (Å²) in [5, 5.41) is 13.2. The Labute approximate surface area is 190 Å². The second kappa shape index (κ2) is 9.13. The number of alkyl halides is 3. The average molecular weight is 470 g/mol. The topological polar surface area (TPSA) is 128 Å². The molecule has 0 fully saturated rings. The molecule has 3 aromatic heterocycles. The highest BCUT2D eigenvalue weighted by molar-refractivity contribution is 5.81. The smallest absolute Gasteiger partial charge is 0.439 e. The van der Waals surface area contributed by atoms with Gasteiger partial charge in [-0.2, -0.15) is 28.5 Å². The standard InChI is InChI=1S/C21H17F3N8O2/c1-31(10-15-18(21(22,23)24)34-11-26-15)30-19-16(14-7-8-27-28-9-14)17(13-5-3-2-4-6-13)29-20(25)32(19)12-33/h2-9,11-12H,10H2,1H3,(H2,25,29)/b30-19-. The van der Waals surface area contributed by atoms with Gasteiger partial charge in [0.05, 0.1) is 30.2 Å². The third-order valence-corrected chi connectivity index (χ3v) is 4.73. The van der Waals surface area contributed by atoms with Crippen molar-refractivity contribution in [3.05, 3.63) is 72.1 Å². The lowest BCUT2D eigenvalue weighted by atomic mass is 10.0. The molecule has 4 rings (SSSR count). The van der Waals surface area contributed by atoms with E-state index in [1.807, 2.05) is 6.07 Å². The summed E-state index contributed by atoms with van der Waals surface area (Å²) in [6.45, 7) is -0.360. The van der Waals surface area contributed by atoms with Crippen LogP contribution in [0.25, 0.3) is 22.4 Å². The zero-order valence-corrected chi connectivity index (χ0v) is 17.6. The molecule has 13 heteroatoms. The molecule has 0 radical (unpaired) electrons. The molecule has 10 nitrogen and oxygen atoms in total. The number of carbonyl (C=O) groups excluding carboxylic acids is 1. The molecule has 0 unspecified atom stereocenters. The summed E-state index contributed by atoms with van der Waals surface area (Å²) >= 11 is 0. The number of aromatic nitrogens is 5. The maximum Gasteiger partial charge on any atom is 0.451 e. The Morgan fingerprint density at radius 2 is 1.94 bits per heavy atom. The normalized spacial score (nSPS) is 12.1. The largest absolute Gasteiger partial charge is 0.451 e. The summed E-state index contributed by atoms with van der Waals surface area (Å²) < 4.78 is 45.1. The van der Waals surface area contributed by atoms with Gasteiger partial charge in [-0.05, 0) is 6.07 Å². The highest BCUT2D eigenvalue weighted by atomic mass is 19.4. The first-order chi connectivity index (χ1) is 16.3. The van der Waals surface area contributed by atoms with Crippen LogP contribution >= 0.6 is 0 Å². The second-order valence-electron chi connectivity index (χ2n) is 7.03. The van der Waals surface area contributed by atoms with Crippen LogP contribution < -0.4 is 11.2 Å². The van der Waals surface area contributed by atoms with Gasteiger partial charge < -0.3 is 10.2 Å². The van der Waals surface area contributed by atoms with Crippen LogP contribution in [-0.4, -0.2) is 43.2 Å². The Kier molecular flexibility index (Phi) is 6.08. The summed E-state index contributed by atoms with van der Waals surface area (Å²) in [4.78, 5) is 20.0. The number of nitrogens with zero attached hydrogens (tertiary/aromatic N) is 7. The van der Waals surface area contributed by atoms with E-state index in [9.17, 15) is 18.0 Å². The van der Waals surface area contributed by atoms with Gasteiger partial charge in [0.25, 0.3) is 0 Å². The molecule has 0 saturated carbocycles. The summed E-state index contributed by atoms with van der Waals surface area (Å²) in [5.74, 6) is -1.39. The van der Waals surface area contributed by atoms with Gasteiger partial charge in [0.15, 0.2) is 11.9 Å². The number of oxazole rings is 1. The third kappa shape index (κ3) is 4.48. The van der Waals surface area contributed by atoms with Crippen LogP contribution in [0.3, 0.4) is 0 Å². The Balaban J connectivity index is 1.94. The molecule has 0 bridgehead atoms. The quantitative estimate of drug-likeness (QED) is 0.336. The van der Waals surface area contributed by atoms with E-state index in [2.05, 4.69) is 29.7 Å². The summed E-state index contributed by atoms with van der Waals surface area (Å²) in [7, 11) is 1.43. The molecule has 2 N–H and O–H groups in total. The SMILES string of the molecule is CN(Cc1ncoc1C(F)(F)F)/N=c1/c(-c2ccnnc2)c(-c2ccccc2)nc(N)n1C=O. The summed E-state index contributed by atoms with van der Waals surface area (Å²) in [6, 6.07) is 10.7. The molecule has 34 heavy (non-hydrogen) atoms.